The fourth-order valence-electron chi connectivity index (χ4n) is 3.04. The fourth-order valence-corrected chi connectivity index (χ4v) is 3.16. The summed E-state index contributed by atoms with van der Waals surface area (Å²) in [6.07, 6.45) is 4.19. The first-order chi connectivity index (χ1) is 10.1. The zero-order chi connectivity index (χ0) is 15.2. The summed E-state index contributed by atoms with van der Waals surface area (Å²) in [5, 5.41) is 3.14. The van der Waals surface area contributed by atoms with Crippen molar-refractivity contribution in [1.82, 2.24) is 4.90 Å². The molecule has 1 fully saturated rings. The predicted octanol–water partition coefficient (Wildman–Crippen LogP) is 4.15. The van der Waals surface area contributed by atoms with Gasteiger partial charge in [-0.05, 0) is 50.8 Å². The van der Waals surface area contributed by atoms with Crippen LogP contribution in [-0.2, 0) is 4.79 Å². The van der Waals surface area contributed by atoms with Crippen molar-refractivity contribution in [2.24, 2.45) is 0 Å². The zero-order valence-electron chi connectivity index (χ0n) is 13.4. The van der Waals surface area contributed by atoms with Gasteiger partial charge in [-0.25, -0.2) is 0 Å². The van der Waals surface area contributed by atoms with Crippen LogP contribution in [0.1, 0.15) is 36.8 Å². The van der Waals surface area contributed by atoms with E-state index in [-0.39, 0.29) is 24.4 Å². The molecule has 0 bridgehead atoms. The average molecular weight is 345 g/mol. The Morgan fingerprint density at radius 1 is 1.32 bits per heavy atom. The summed E-state index contributed by atoms with van der Waals surface area (Å²) < 4.78 is 0. The number of amides is 1. The van der Waals surface area contributed by atoms with Gasteiger partial charge in [0.25, 0.3) is 0 Å². The molecule has 0 aliphatic carbocycles. The van der Waals surface area contributed by atoms with Gasteiger partial charge in [0.05, 0.1) is 6.04 Å². The average Bonchev–Trinajstić information content (AvgIpc) is 2.49. The summed E-state index contributed by atoms with van der Waals surface area (Å²) in [5.41, 5.74) is 3.20. The SMILES string of the molecule is Cc1cccc(C)c1NC(=O)C1CCCCN1CCCCl.Cl. The minimum Gasteiger partial charge on any atom is -0.324 e. The van der Waals surface area contributed by atoms with E-state index in [1.54, 1.807) is 0 Å². The standard InChI is InChI=1S/C17H25ClN2O.ClH/c1-13-7-5-8-14(2)16(13)19-17(21)15-9-3-4-11-20(15)12-6-10-18;/h5,7-8,15H,3-4,6,9-12H2,1-2H3,(H,19,21);1H. The number of hydrogen-bond donors (Lipinski definition) is 1. The number of piperidine rings is 1. The maximum absolute atomic E-state index is 12.7. The molecule has 1 atom stereocenters. The first kappa shape index (κ1) is 19.3. The minimum absolute atomic E-state index is 0. The fraction of sp³-hybridized carbons (Fsp3) is 0.588. The monoisotopic (exact) mass is 344 g/mol. The van der Waals surface area contributed by atoms with Crippen LogP contribution in [0.15, 0.2) is 18.2 Å². The number of anilines is 1. The van der Waals surface area contributed by atoms with Gasteiger partial charge in [0.1, 0.15) is 0 Å². The molecule has 124 valence electrons. The minimum atomic E-state index is -0.0130. The zero-order valence-corrected chi connectivity index (χ0v) is 15.0. The molecular weight excluding hydrogens is 319 g/mol. The Bertz CT molecular complexity index is 473. The van der Waals surface area contributed by atoms with Gasteiger partial charge in [-0.3, -0.25) is 9.69 Å². The van der Waals surface area contributed by atoms with Gasteiger partial charge in [0, 0.05) is 18.1 Å². The van der Waals surface area contributed by atoms with Gasteiger partial charge in [0.15, 0.2) is 0 Å². The molecule has 1 aromatic rings. The van der Waals surface area contributed by atoms with Crippen LogP contribution in [0.4, 0.5) is 5.69 Å². The third-order valence-electron chi connectivity index (χ3n) is 4.22. The summed E-state index contributed by atoms with van der Waals surface area (Å²) >= 11 is 5.79. The molecule has 1 aromatic carbocycles. The second kappa shape index (κ2) is 9.39. The Labute approximate surface area is 144 Å². The lowest BCUT2D eigenvalue weighted by Crippen LogP contribution is -2.47. The van der Waals surface area contributed by atoms with Crippen LogP contribution in [0.3, 0.4) is 0 Å². The summed E-state index contributed by atoms with van der Waals surface area (Å²) in [6, 6.07) is 6.08. The highest BCUT2D eigenvalue weighted by Gasteiger charge is 2.28. The molecule has 1 unspecified atom stereocenters. The van der Waals surface area contributed by atoms with Crippen molar-refractivity contribution in [1.29, 1.82) is 0 Å². The molecule has 1 aliphatic heterocycles. The van der Waals surface area contributed by atoms with Crippen molar-refractivity contribution in [2.45, 2.75) is 45.6 Å². The van der Waals surface area contributed by atoms with Gasteiger partial charge in [0.2, 0.25) is 5.91 Å². The second-order valence-corrected chi connectivity index (χ2v) is 6.22. The quantitative estimate of drug-likeness (QED) is 0.813. The van der Waals surface area contributed by atoms with E-state index in [4.69, 9.17) is 11.6 Å². The topological polar surface area (TPSA) is 32.3 Å². The molecule has 1 aliphatic rings. The maximum Gasteiger partial charge on any atom is 0.241 e. The van der Waals surface area contributed by atoms with Gasteiger partial charge in [-0.2, -0.15) is 0 Å². The van der Waals surface area contributed by atoms with Crippen molar-refractivity contribution in [2.75, 3.05) is 24.3 Å². The second-order valence-electron chi connectivity index (χ2n) is 5.85. The van der Waals surface area contributed by atoms with Crippen LogP contribution >= 0.6 is 24.0 Å². The highest BCUT2D eigenvalue weighted by Crippen LogP contribution is 2.23. The van der Waals surface area contributed by atoms with E-state index >= 15 is 0 Å². The molecule has 0 aromatic heterocycles. The normalized spacial score (nSPS) is 18.6. The lowest BCUT2D eigenvalue weighted by molar-refractivity contribution is -0.122. The molecule has 1 N–H and O–H groups in total. The van der Waals surface area contributed by atoms with E-state index in [9.17, 15) is 4.79 Å². The number of alkyl halides is 1. The first-order valence-electron chi connectivity index (χ1n) is 7.80. The molecule has 3 nitrogen and oxygen atoms in total. The number of benzene rings is 1. The van der Waals surface area contributed by atoms with Gasteiger partial charge in [-0.1, -0.05) is 24.6 Å². The Hall–Kier alpha value is -0.770. The van der Waals surface area contributed by atoms with Gasteiger partial charge >= 0.3 is 0 Å². The van der Waals surface area contributed by atoms with Crippen molar-refractivity contribution < 1.29 is 4.79 Å². The number of para-hydroxylation sites is 1. The summed E-state index contributed by atoms with van der Waals surface area (Å²) in [4.78, 5) is 14.9. The summed E-state index contributed by atoms with van der Waals surface area (Å²) in [6.45, 7) is 5.99. The molecule has 1 amide bonds. The molecule has 0 saturated carbocycles. The lowest BCUT2D eigenvalue weighted by Gasteiger charge is -2.34. The Morgan fingerprint density at radius 2 is 2.00 bits per heavy atom. The van der Waals surface area contributed by atoms with Gasteiger partial charge < -0.3 is 5.32 Å². The molecule has 2 rings (SSSR count). The molecule has 1 heterocycles. The molecular formula is C17H26Cl2N2O. The highest BCUT2D eigenvalue weighted by molar-refractivity contribution is 6.17. The molecule has 5 heteroatoms. The van der Waals surface area contributed by atoms with E-state index in [0.717, 1.165) is 49.2 Å². The number of aryl methyl sites for hydroxylation is 2. The highest BCUT2D eigenvalue weighted by atomic mass is 35.5. The van der Waals surface area contributed by atoms with Crippen LogP contribution in [0, 0.1) is 13.8 Å². The number of likely N-dealkylation sites (tertiary alicyclic amines) is 1. The van der Waals surface area contributed by atoms with Crippen molar-refractivity contribution in [3.05, 3.63) is 29.3 Å². The smallest absolute Gasteiger partial charge is 0.241 e. The van der Waals surface area contributed by atoms with Crippen LogP contribution < -0.4 is 5.32 Å². The van der Waals surface area contributed by atoms with Gasteiger partial charge in [-0.15, -0.1) is 24.0 Å². The number of carbonyl (C=O) groups excluding carboxylic acids is 1. The third-order valence-corrected chi connectivity index (χ3v) is 4.49. The number of nitrogens with one attached hydrogen (secondary N) is 1. The lowest BCUT2D eigenvalue weighted by atomic mass is 10.0. The number of halogens is 2. The Kier molecular flexibility index (Phi) is 8.23. The van der Waals surface area contributed by atoms with Crippen LogP contribution in [-0.4, -0.2) is 35.8 Å². The van der Waals surface area contributed by atoms with Crippen LogP contribution in [0.5, 0.6) is 0 Å². The Balaban J connectivity index is 0.00000242. The summed E-state index contributed by atoms with van der Waals surface area (Å²) in [7, 11) is 0. The number of carbonyl (C=O) groups is 1. The summed E-state index contributed by atoms with van der Waals surface area (Å²) in [5.74, 6) is 0.781. The van der Waals surface area contributed by atoms with Crippen LogP contribution in [0.25, 0.3) is 0 Å². The van der Waals surface area contributed by atoms with E-state index in [2.05, 4.69) is 10.2 Å². The first-order valence-corrected chi connectivity index (χ1v) is 8.34. The Morgan fingerprint density at radius 3 is 2.64 bits per heavy atom. The number of hydrogen-bond acceptors (Lipinski definition) is 2. The number of rotatable bonds is 5. The van der Waals surface area contributed by atoms with Crippen molar-refractivity contribution >= 4 is 35.6 Å². The van der Waals surface area contributed by atoms with E-state index in [1.807, 2.05) is 32.0 Å². The van der Waals surface area contributed by atoms with Crippen molar-refractivity contribution in [3.8, 4) is 0 Å². The largest absolute Gasteiger partial charge is 0.324 e. The van der Waals surface area contributed by atoms with Crippen molar-refractivity contribution in [3.63, 3.8) is 0 Å². The third kappa shape index (κ3) is 4.87. The molecule has 0 radical (unpaired) electrons. The molecule has 1 saturated heterocycles. The maximum atomic E-state index is 12.7. The number of nitrogens with zero attached hydrogens (tertiary/aromatic N) is 1. The molecule has 22 heavy (non-hydrogen) atoms. The van der Waals surface area contributed by atoms with E-state index in [1.165, 1.54) is 6.42 Å². The predicted molar refractivity (Wildman–Crippen MR) is 96.3 cm³/mol. The molecule has 0 spiro atoms. The van der Waals surface area contributed by atoms with Crippen LogP contribution in [0.2, 0.25) is 0 Å². The van der Waals surface area contributed by atoms with E-state index in [0.29, 0.717) is 5.88 Å². The van der Waals surface area contributed by atoms with E-state index < -0.39 is 0 Å².